The molecule has 0 aliphatic heterocycles. The molecule has 0 aliphatic rings. The maximum Gasteiger partial charge on any atom is 0.338 e. The normalized spacial score (nSPS) is 13.1. The summed E-state index contributed by atoms with van der Waals surface area (Å²) in [5.74, 6) is -1.15. The Hall–Kier alpha value is -2.12. The first-order valence-corrected chi connectivity index (χ1v) is 6.11. The number of esters is 2. The van der Waals surface area contributed by atoms with Crippen LogP contribution in [0.1, 0.15) is 5.56 Å². The lowest BCUT2D eigenvalue weighted by atomic mass is 10.2. The molecule has 1 aromatic rings. The van der Waals surface area contributed by atoms with Gasteiger partial charge in [0, 0.05) is 0 Å². The number of carbonyl (C=O) groups is 2. The van der Waals surface area contributed by atoms with Crippen LogP contribution in [-0.2, 0) is 30.4 Å². The summed E-state index contributed by atoms with van der Waals surface area (Å²) < 4.78 is 19.2. The van der Waals surface area contributed by atoms with Crippen LogP contribution in [-0.4, -0.2) is 50.6 Å². The molecule has 0 aliphatic carbocycles. The SMILES string of the molecule is COC(=O)[C@H](O)[C@@H](OCc1ccc(OC)cc1)C(=O)OC. The number of rotatable bonds is 7. The lowest BCUT2D eigenvalue weighted by Crippen LogP contribution is -2.43. The minimum Gasteiger partial charge on any atom is -0.497 e. The zero-order valence-corrected chi connectivity index (χ0v) is 12.1. The largest absolute Gasteiger partial charge is 0.497 e. The standard InChI is InChI=1S/C14H18O7/c1-18-10-6-4-9(5-7-10)8-21-12(14(17)20-3)11(15)13(16)19-2/h4-7,11-12,15H,8H2,1-3H3/t11-,12-/m1/s1. The van der Waals surface area contributed by atoms with Gasteiger partial charge in [0.25, 0.3) is 0 Å². The number of methoxy groups -OCH3 is 3. The highest BCUT2D eigenvalue weighted by atomic mass is 16.6. The summed E-state index contributed by atoms with van der Waals surface area (Å²) in [6, 6.07) is 6.92. The summed E-state index contributed by atoms with van der Waals surface area (Å²) in [4.78, 5) is 22.9. The van der Waals surface area contributed by atoms with Crippen LogP contribution < -0.4 is 4.74 Å². The summed E-state index contributed by atoms with van der Waals surface area (Å²) in [6.45, 7) is 0.0117. The van der Waals surface area contributed by atoms with E-state index in [0.29, 0.717) is 5.75 Å². The molecule has 0 saturated carbocycles. The third-order valence-corrected chi connectivity index (χ3v) is 2.75. The Bertz CT molecular complexity index is 469. The van der Waals surface area contributed by atoms with Crippen LogP contribution in [0.3, 0.4) is 0 Å². The summed E-state index contributed by atoms with van der Waals surface area (Å²) in [5, 5.41) is 9.72. The molecule has 0 amide bonds. The molecule has 21 heavy (non-hydrogen) atoms. The molecule has 0 spiro atoms. The van der Waals surface area contributed by atoms with Crippen LogP contribution in [0, 0.1) is 0 Å². The number of ether oxygens (including phenoxy) is 4. The van der Waals surface area contributed by atoms with Gasteiger partial charge in [0.05, 0.1) is 27.9 Å². The third-order valence-electron chi connectivity index (χ3n) is 2.75. The van der Waals surface area contributed by atoms with E-state index in [4.69, 9.17) is 9.47 Å². The van der Waals surface area contributed by atoms with Gasteiger partial charge >= 0.3 is 11.9 Å². The van der Waals surface area contributed by atoms with Crippen molar-refractivity contribution in [2.24, 2.45) is 0 Å². The van der Waals surface area contributed by atoms with E-state index < -0.39 is 24.1 Å². The van der Waals surface area contributed by atoms with Gasteiger partial charge in [-0.2, -0.15) is 0 Å². The average Bonchev–Trinajstić information content (AvgIpc) is 2.54. The van der Waals surface area contributed by atoms with Crippen LogP contribution >= 0.6 is 0 Å². The maximum atomic E-state index is 11.6. The minimum atomic E-state index is -1.75. The van der Waals surface area contributed by atoms with Gasteiger partial charge in [0.1, 0.15) is 5.75 Å². The molecule has 116 valence electrons. The van der Waals surface area contributed by atoms with Gasteiger partial charge in [-0.15, -0.1) is 0 Å². The van der Waals surface area contributed by atoms with Crippen molar-refractivity contribution >= 4 is 11.9 Å². The molecule has 0 unspecified atom stereocenters. The molecular formula is C14H18O7. The zero-order chi connectivity index (χ0) is 15.8. The smallest absolute Gasteiger partial charge is 0.338 e. The van der Waals surface area contributed by atoms with Gasteiger partial charge in [0.2, 0.25) is 0 Å². The molecule has 0 heterocycles. The summed E-state index contributed by atoms with van der Waals surface area (Å²) in [6.07, 6.45) is -3.20. The highest BCUT2D eigenvalue weighted by Gasteiger charge is 2.34. The highest BCUT2D eigenvalue weighted by Crippen LogP contribution is 2.14. The number of carbonyl (C=O) groups excluding carboxylic acids is 2. The summed E-state index contributed by atoms with van der Waals surface area (Å²) in [7, 11) is 3.78. The molecule has 0 aromatic heterocycles. The minimum absolute atomic E-state index is 0.0117. The molecule has 2 atom stereocenters. The van der Waals surface area contributed by atoms with Gasteiger partial charge in [-0.3, -0.25) is 0 Å². The fraction of sp³-hybridized carbons (Fsp3) is 0.429. The maximum absolute atomic E-state index is 11.6. The van der Waals surface area contributed by atoms with E-state index in [0.717, 1.165) is 19.8 Å². The van der Waals surface area contributed by atoms with Crippen LogP contribution in [0.5, 0.6) is 5.75 Å². The Morgan fingerprint density at radius 3 is 2.10 bits per heavy atom. The summed E-state index contributed by atoms with van der Waals surface area (Å²) >= 11 is 0. The quantitative estimate of drug-likeness (QED) is 0.723. The van der Waals surface area contributed by atoms with E-state index in [-0.39, 0.29) is 6.61 Å². The lowest BCUT2D eigenvalue weighted by Gasteiger charge is -2.19. The van der Waals surface area contributed by atoms with E-state index in [2.05, 4.69) is 9.47 Å². The van der Waals surface area contributed by atoms with Crippen molar-refractivity contribution in [1.82, 2.24) is 0 Å². The molecule has 1 aromatic carbocycles. The third kappa shape index (κ3) is 4.73. The van der Waals surface area contributed by atoms with E-state index in [1.807, 2.05) is 0 Å². The number of aliphatic hydroxyl groups excluding tert-OH is 1. The van der Waals surface area contributed by atoms with Crippen LogP contribution in [0.15, 0.2) is 24.3 Å². The topological polar surface area (TPSA) is 91.3 Å². The first-order chi connectivity index (χ1) is 10.0. The van der Waals surface area contributed by atoms with Gasteiger partial charge in [0.15, 0.2) is 12.2 Å². The van der Waals surface area contributed by atoms with E-state index in [1.54, 1.807) is 31.4 Å². The van der Waals surface area contributed by atoms with Crippen LogP contribution in [0.2, 0.25) is 0 Å². The molecule has 7 nitrogen and oxygen atoms in total. The second kappa shape index (κ2) is 8.23. The second-order valence-electron chi connectivity index (χ2n) is 4.07. The Kier molecular flexibility index (Phi) is 6.64. The molecule has 0 saturated heterocycles. The highest BCUT2D eigenvalue weighted by molar-refractivity contribution is 5.85. The van der Waals surface area contributed by atoms with Gasteiger partial charge in [-0.05, 0) is 17.7 Å². The van der Waals surface area contributed by atoms with Gasteiger partial charge in [-0.1, -0.05) is 12.1 Å². The van der Waals surface area contributed by atoms with Crippen LogP contribution in [0.25, 0.3) is 0 Å². The monoisotopic (exact) mass is 298 g/mol. The van der Waals surface area contributed by atoms with Crippen molar-refractivity contribution < 1.29 is 33.6 Å². The lowest BCUT2D eigenvalue weighted by molar-refractivity contribution is -0.176. The predicted octanol–water partition coefficient (Wildman–Crippen LogP) is 0.287. The zero-order valence-electron chi connectivity index (χ0n) is 12.1. The average molecular weight is 298 g/mol. The molecule has 1 N–H and O–H groups in total. The van der Waals surface area contributed by atoms with E-state index in [9.17, 15) is 14.7 Å². The van der Waals surface area contributed by atoms with Crippen molar-refractivity contribution in [2.75, 3.05) is 21.3 Å². The first kappa shape index (κ1) is 16.9. The van der Waals surface area contributed by atoms with Crippen molar-refractivity contribution in [1.29, 1.82) is 0 Å². The Morgan fingerprint density at radius 1 is 1.05 bits per heavy atom. The molecule has 7 heteroatoms. The van der Waals surface area contributed by atoms with E-state index >= 15 is 0 Å². The molecule has 0 radical (unpaired) electrons. The number of aliphatic hydroxyl groups is 1. The Labute approximate surface area is 122 Å². The van der Waals surface area contributed by atoms with Gasteiger partial charge < -0.3 is 24.1 Å². The number of hydrogen-bond acceptors (Lipinski definition) is 7. The van der Waals surface area contributed by atoms with Crippen molar-refractivity contribution in [2.45, 2.75) is 18.8 Å². The fourth-order valence-electron chi connectivity index (χ4n) is 1.56. The van der Waals surface area contributed by atoms with Crippen molar-refractivity contribution in [3.05, 3.63) is 29.8 Å². The Balaban J connectivity index is 2.72. The molecule has 1 rings (SSSR count). The van der Waals surface area contributed by atoms with Crippen molar-refractivity contribution in [3.63, 3.8) is 0 Å². The van der Waals surface area contributed by atoms with E-state index in [1.165, 1.54) is 0 Å². The number of hydrogen-bond donors (Lipinski definition) is 1. The van der Waals surface area contributed by atoms with Gasteiger partial charge in [-0.25, -0.2) is 9.59 Å². The molecule has 0 bridgehead atoms. The predicted molar refractivity (Wildman–Crippen MR) is 71.6 cm³/mol. The second-order valence-corrected chi connectivity index (χ2v) is 4.07. The van der Waals surface area contributed by atoms with Crippen LogP contribution in [0.4, 0.5) is 0 Å². The fourth-order valence-corrected chi connectivity index (χ4v) is 1.56. The molecule has 0 fully saturated rings. The van der Waals surface area contributed by atoms with Crippen molar-refractivity contribution in [3.8, 4) is 5.75 Å². The molecular weight excluding hydrogens is 280 g/mol. The summed E-state index contributed by atoms with van der Waals surface area (Å²) in [5.41, 5.74) is 0.738. The Morgan fingerprint density at radius 2 is 1.62 bits per heavy atom. The first-order valence-electron chi connectivity index (χ1n) is 6.11. The number of benzene rings is 1.